The summed E-state index contributed by atoms with van der Waals surface area (Å²) in [5, 5.41) is 8.89. The first-order valence-corrected chi connectivity index (χ1v) is 8.17. The Labute approximate surface area is 124 Å². The van der Waals surface area contributed by atoms with Crippen LogP contribution in [0.25, 0.3) is 0 Å². The number of rotatable bonds is 8. The van der Waals surface area contributed by atoms with Crippen LogP contribution in [0.5, 0.6) is 0 Å². The Bertz CT molecular complexity index is 572. The summed E-state index contributed by atoms with van der Waals surface area (Å²) in [6, 6.07) is 4.74. The van der Waals surface area contributed by atoms with Crippen LogP contribution in [0.3, 0.4) is 0 Å². The molecule has 2 N–H and O–H groups in total. The number of sulfonamides is 1. The van der Waals surface area contributed by atoms with Crippen LogP contribution >= 0.6 is 11.6 Å². The van der Waals surface area contributed by atoms with Gasteiger partial charge in [0.25, 0.3) is 0 Å². The van der Waals surface area contributed by atoms with E-state index in [-0.39, 0.29) is 17.9 Å². The van der Waals surface area contributed by atoms with E-state index in [4.69, 9.17) is 16.7 Å². The fourth-order valence-electron chi connectivity index (χ4n) is 1.74. The summed E-state index contributed by atoms with van der Waals surface area (Å²) in [4.78, 5) is 10.5. The molecular weight excluding hydrogens is 302 g/mol. The third-order valence-electron chi connectivity index (χ3n) is 2.87. The van der Waals surface area contributed by atoms with Gasteiger partial charge in [-0.1, -0.05) is 24.1 Å². The number of nitrogens with one attached hydrogen (secondary N) is 1. The molecule has 0 aliphatic rings. The summed E-state index contributed by atoms with van der Waals surface area (Å²) < 4.78 is 26.7. The summed E-state index contributed by atoms with van der Waals surface area (Å²) in [5.74, 6) is -0.833. The lowest BCUT2D eigenvalue weighted by molar-refractivity contribution is -0.137. The van der Waals surface area contributed by atoms with Crippen LogP contribution in [-0.2, 0) is 14.8 Å². The van der Waals surface area contributed by atoms with Crippen molar-refractivity contribution in [3.63, 3.8) is 0 Å². The standard InChI is InChI=1S/C13H18ClNO4S/c1-10-11(14)6-5-7-12(10)20(18,19)15-9-4-2-3-8-13(16)17/h5-7,15H,2-4,8-9H2,1H3,(H,16,17). The van der Waals surface area contributed by atoms with Gasteiger partial charge in [0.1, 0.15) is 0 Å². The van der Waals surface area contributed by atoms with Crippen molar-refractivity contribution in [1.29, 1.82) is 0 Å². The maximum absolute atomic E-state index is 12.1. The fourth-order valence-corrected chi connectivity index (χ4v) is 3.31. The van der Waals surface area contributed by atoms with E-state index in [1.54, 1.807) is 19.1 Å². The molecule has 0 unspecified atom stereocenters. The van der Waals surface area contributed by atoms with Gasteiger partial charge in [-0.15, -0.1) is 0 Å². The zero-order chi connectivity index (χ0) is 15.2. The molecule has 0 saturated carbocycles. The lowest BCUT2D eigenvalue weighted by atomic mass is 10.2. The first-order chi connectivity index (χ1) is 9.34. The van der Waals surface area contributed by atoms with Crippen LogP contribution in [0.15, 0.2) is 23.1 Å². The molecule has 0 spiro atoms. The SMILES string of the molecule is Cc1c(Cl)cccc1S(=O)(=O)NCCCCCC(=O)O. The Kier molecular flexibility index (Phi) is 6.45. The van der Waals surface area contributed by atoms with Crippen LogP contribution in [0, 0.1) is 6.92 Å². The molecule has 0 aromatic heterocycles. The third kappa shape index (κ3) is 5.11. The quantitative estimate of drug-likeness (QED) is 0.721. The van der Waals surface area contributed by atoms with E-state index in [9.17, 15) is 13.2 Å². The van der Waals surface area contributed by atoms with E-state index in [2.05, 4.69) is 4.72 Å². The Hall–Kier alpha value is -1.11. The predicted molar refractivity (Wildman–Crippen MR) is 77.5 cm³/mol. The molecule has 0 heterocycles. The molecule has 0 atom stereocenters. The lowest BCUT2D eigenvalue weighted by Crippen LogP contribution is -2.25. The largest absolute Gasteiger partial charge is 0.481 e. The first-order valence-electron chi connectivity index (χ1n) is 6.31. The van der Waals surface area contributed by atoms with Crippen LogP contribution in [0.1, 0.15) is 31.2 Å². The van der Waals surface area contributed by atoms with E-state index in [1.165, 1.54) is 6.07 Å². The van der Waals surface area contributed by atoms with Gasteiger partial charge >= 0.3 is 5.97 Å². The Balaban J connectivity index is 2.50. The van der Waals surface area contributed by atoms with Crippen molar-refractivity contribution < 1.29 is 18.3 Å². The number of carboxylic acid groups (broad SMARTS) is 1. The second kappa shape index (κ2) is 7.61. The molecule has 1 aromatic carbocycles. The van der Waals surface area contributed by atoms with Gasteiger partial charge in [0.2, 0.25) is 10.0 Å². The first kappa shape index (κ1) is 16.9. The van der Waals surface area contributed by atoms with Gasteiger partial charge in [-0.2, -0.15) is 0 Å². The second-order valence-electron chi connectivity index (χ2n) is 4.47. The van der Waals surface area contributed by atoms with Crippen LogP contribution in [0.2, 0.25) is 5.02 Å². The minimum Gasteiger partial charge on any atom is -0.481 e. The molecule has 112 valence electrons. The zero-order valence-corrected chi connectivity index (χ0v) is 12.8. The highest BCUT2D eigenvalue weighted by Gasteiger charge is 2.17. The average molecular weight is 320 g/mol. The van der Waals surface area contributed by atoms with E-state index in [0.29, 0.717) is 29.8 Å². The molecule has 0 amide bonds. The van der Waals surface area contributed by atoms with E-state index in [0.717, 1.165) is 0 Å². The monoisotopic (exact) mass is 319 g/mol. The van der Waals surface area contributed by atoms with Gasteiger partial charge in [-0.05, 0) is 37.5 Å². The maximum atomic E-state index is 12.1. The normalized spacial score (nSPS) is 11.5. The molecule has 0 bridgehead atoms. The topological polar surface area (TPSA) is 83.5 Å². The molecule has 0 aliphatic carbocycles. The number of hydrogen-bond donors (Lipinski definition) is 2. The number of unbranched alkanes of at least 4 members (excludes halogenated alkanes) is 2. The predicted octanol–water partition coefficient (Wildman–Crippen LogP) is 2.57. The van der Waals surface area contributed by atoms with Gasteiger partial charge in [-0.25, -0.2) is 13.1 Å². The Morgan fingerprint density at radius 3 is 2.65 bits per heavy atom. The highest BCUT2D eigenvalue weighted by atomic mass is 35.5. The minimum absolute atomic E-state index is 0.111. The molecule has 1 rings (SSSR count). The fraction of sp³-hybridized carbons (Fsp3) is 0.462. The number of aliphatic carboxylic acids is 1. The summed E-state index contributed by atoms with van der Waals surface area (Å²) in [6.07, 6.45) is 1.93. The number of carboxylic acids is 1. The molecule has 0 radical (unpaired) electrons. The highest BCUT2D eigenvalue weighted by molar-refractivity contribution is 7.89. The van der Waals surface area contributed by atoms with E-state index < -0.39 is 16.0 Å². The molecular formula is C13H18ClNO4S. The van der Waals surface area contributed by atoms with Crippen molar-refractivity contribution >= 4 is 27.6 Å². The highest BCUT2D eigenvalue weighted by Crippen LogP contribution is 2.22. The number of hydrogen-bond acceptors (Lipinski definition) is 3. The lowest BCUT2D eigenvalue weighted by Gasteiger charge is -2.10. The smallest absolute Gasteiger partial charge is 0.303 e. The van der Waals surface area contributed by atoms with Gasteiger partial charge in [0.05, 0.1) is 4.90 Å². The van der Waals surface area contributed by atoms with Crippen LogP contribution in [-0.4, -0.2) is 26.0 Å². The van der Waals surface area contributed by atoms with Crippen molar-refractivity contribution in [2.75, 3.05) is 6.54 Å². The number of carbonyl (C=O) groups is 1. The average Bonchev–Trinajstić information content (AvgIpc) is 2.36. The number of benzene rings is 1. The van der Waals surface area contributed by atoms with Gasteiger partial charge in [0, 0.05) is 18.0 Å². The number of halogens is 1. The Morgan fingerprint density at radius 1 is 1.30 bits per heavy atom. The van der Waals surface area contributed by atoms with E-state index in [1.807, 2.05) is 0 Å². The zero-order valence-electron chi connectivity index (χ0n) is 11.2. The molecule has 5 nitrogen and oxygen atoms in total. The molecule has 0 aliphatic heterocycles. The molecule has 0 saturated heterocycles. The van der Waals surface area contributed by atoms with Gasteiger partial charge < -0.3 is 5.11 Å². The Morgan fingerprint density at radius 2 is 2.00 bits per heavy atom. The van der Waals surface area contributed by atoms with E-state index >= 15 is 0 Å². The summed E-state index contributed by atoms with van der Waals surface area (Å²) in [7, 11) is -3.57. The summed E-state index contributed by atoms with van der Waals surface area (Å²) in [5.41, 5.74) is 0.521. The molecule has 7 heteroatoms. The van der Waals surface area contributed by atoms with Crippen molar-refractivity contribution in [1.82, 2.24) is 4.72 Å². The van der Waals surface area contributed by atoms with Crippen LogP contribution in [0.4, 0.5) is 0 Å². The van der Waals surface area contributed by atoms with Crippen molar-refractivity contribution in [2.24, 2.45) is 0 Å². The molecule has 1 aromatic rings. The maximum Gasteiger partial charge on any atom is 0.303 e. The second-order valence-corrected chi connectivity index (χ2v) is 6.61. The van der Waals surface area contributed by atoms with Gasteiger partial charge in [0.15, 0.2) is 0 Å². The third-order valence-corrected chi connectivity index (χ3v) is 4.88. The van der Waals surface area contributed by atoms with Crippen LogP contribution < -0.4 is 4.72 Å². The van der Waals surface area contributed by atoms with Gasteiger partial charge in [-0.3, -0.25) is 4.79 Å². The summed E-state index contributed by atoms with van der Waals surface area (Å²) in [6.45, 7) is 1.94. The summed E-state index contributed by atoms with van der Waals surface area (Å²) >= 11 is 5.90. The van der Waals surface area contributed by atoms with Crippen molar-refractivity contribution in [2.45, 2.75) is 37.5 Å². The minimum atomic E-state index is -3.57. The van der Waals surface area contributed by atoms with Crippen molar-refractivity contribution in [3.05, 3.63) is 28.8 Å². The molecule has 0 fully saturated rings. The van der Waals surface area contributed by atoms with Crippen molar-refractivity contribution in [3.8, 4) is 0 Å². The molecule has 20 heavy (non-hydrogen) atoms.